The van der Waals surface area contributed by atoms with Gasteiger partial charge in [-0.15, -0.1) is 0 Å². The number of nitrogens with one attached hydrogen (secondary N) is 1. The molecule has 2 aliphatic heterocycles. The van der Waals surface area contributed by atoms with Crippen LogP contribution in [0.15, 0.2) is 48.8 Å². The number of benzene rings is 1. The Hall–Kier alpha value is -2.40. The van der Waals surface area contributed by atoms with E-state index >= 15 is 0 Å². The lowest BCUT2D eigenvalue weighted by Crippen LogP contribution is -2.43. The Labute approximate surface area is 174 Å². The largest absolute Gasteiger partial charge is 0.371 e. The van der Waals surface area contributed by atoms with E-state index in [4.69, 9.17) is 0 Å². The van der Waals surface area contributed by atoms with E-state index in [1.54, 1.807) is 0 Å². The highest BCUT2D eigenvalue weighted by atomic mass is 16.2. The number of pyridine rings is 1. The van der Waals surface area contributed by atoms with Crippen molar-refractivity contribution in [1.29, 1.82) is 0 Å². The molecule has 154 valence electrons. The third kappa shape index (κ3) is 5.57. The second-order valence-corrected chi connectivity index (χ2v) is 8.25. The first-order valence-corrected chi connectivity index (χ1v) is 11.0. The summed E-state index contributed by atoms with van der Waals surface area (Å²) in [5.74, 6) is 0.272. The van der Waals surface area contributed by atoms with Crippen molar-refractivity contribution in [3.63, 3.8) is 0 Å². The normalized spacial score (nSPS) is 17.7. The average molecular weight is 393 g/mol. The molecule has 0 unspecified atom stereocenters. The minimum absolute atomic E-state index is 0.272. The van der Waals surface area contributed by atoms with Gasteiger partial charge in [-0.3, -0.25) is 9.78 Å². The summed E-state index contributed by atoms with van der Waals surface area (Å²) in [5, 5.41) is 3.71. The van der Waals surface area contributed by atoms with Gasteiger partial charge >= 0.3 is 0 Å². The summed E-state index contributed by atoms with van der Waals surface area (Å²) in [4.78, 5) is 20.9. The first-order chi connectivity index (χ1) is 14.3. The van der Waals surface area contributed by atoms with Crippen molar-refractivity contribution in [1.82, 2.24) is 15.2 Å². The van der Waals surface area contributed by atoms with Crippen LogP contribution in [0, 0.1) is 0 Å². The zero-order valence-corrected chi connectivity index (χ0v) is 17.2. The van der Waals surface area contributed by atoms with Gasteiger partial charge in [-0.1, -0.05) is 12.1 Å². The lowest BCUT2D eigenvalue weighted by Gasteiger charge is -2.34. The number of hydrogen-bond donors (Lipinski definition) is 1. The van der Waals surface area contributed by atoms with Crippen molar-refractivity contribution in [2.45, 2.75) is 44.6 Å². The molecule has 3 heterocycles. The number of anilines is 1. The van der Waals surface area contributed by atoms with E-state index in [0.29, 0.717) is 12.5 Å². The molecular formula is C24H32N4O. The lowest BCUT2D eigenvalue weighted by atomic mass is 10.0. The van der Waals surface area contributed by atoms with Crippen LogP contribution in [0.4, 0.5) is 5.69 Å². The topological polar surface area (TPSA) is 48.5 Å². The van der Waals surface area contributed by atoms with Crippen LogP contribution < -0.4 is 10.2 Å². The van der Waals surface area contributed by atoms with Crippen LogP contribution in [0.5, 0.6) is 0 Å². The zero-order valence-electron chi connectivity index (χ0n) is 17.2. The minimum Gasteiger partial charge on any atom is -0.371 e. The van der Waals surface area contributed by atoms with Gasteiger partial charge in [-0.05, 0) is 74.0 Å². The fourth-order valence-electron chi connectivity index (χ4n) is 4.39. The number of nitrogens with zero attached hydrogens (tertiary/aromatic N) is 3. The van der Waals surface area contributed by atoms with Gasteiger partial charge in [0.25, 0.3) is 0 Å². The molecule has 2 saturated heterocycles. The molecule has 1 aromatic heterocycles. The third-order valence-electron chi connectivity index (χ3n) is 6.21. The second kappa shape index (κ2) is 9.88. The molecule has 0 aliphatic carbocycles. The van der Waals surface area contributed by atoms with E-state index in [9.17, 15) is 4.79 Å². The van der Waals surface area contributed by atoms with Crippen LogP contribution >= 0.6 is 0 Å². The summed E-state index contributed by atoms with van der Waals surface area (Å²) in [5.41, 5.74) is 3.74. The van der Waals surface area contributed by atoms with E-state index in [2.05, 4.69) is 51.6 Å². The number of carbonyl (C=O) groups is 1. The summed E-state index contributed by atoms with van der Waals surface area (Å²) in [6.45, 7) is 5.05. The summed E-state index contributed by atoms with van der Waals surface area (Å²) < 4.78 is 0. The molecule has 0 atom stereocenters. The average Bonchev–Trinajstić information content (AvgIpc) is 3.31. The lowest BCUT2D eigenvalue weighted by molar-refractivity contribution is -0.129. The maximum absolute atomic E-state index is 12.3. The molecule has 2 fully saturated rings. The van der Waals surface area contributed by atoms with Gasteiger partial charge in [-0.25, -0.2) is 0 Å². The monoisotopic (exact) mass is 392 g/mol. The number of aromatic nitrogens is 1. The molecule has 0 spiro atoms. The molecule has 2 aliphatic rings. The molecule has 4 rings (SSSR count). The zero-order chi connectivity index (χ0) is 19.9. The number of amides is 1. The summed E-state index contributed by atoms with van der Waals surface area (Å²) in [6.07, 6.45) is 9.96. The van der Waals surface area contributed by atoms with E-state index in [-0.39, 0.29) is 5.91 Å². The fourth-order valence-corrected chi connectivity index (χ4v) is 4.39. The molecule has 0 radical (unpaired) electrons. The second-order valence-electron chi connectivity index (χ2n) is 8.25. The van der Waals surface area contributed by atoms with Crippen LogP contribution in [0.2, 0.25) is 0 Å². The quantitative estimate of drug-likeness (QED) is 0.787. The predicted octanol–water partition coefficient (Wildman–Crippen LogP) is 3.05. The van der Waals surface area contributed by atoms with Crippen LogP contribution in [-0.2, 0) is 17.6 Å². The van der Waals surface area contributed by atoms with Crippen LogP contribution in [0.25, 0.3) is 0 Å². The SMILES string of the molecule is O=C(Cc1ccc(N2CCC(NCCc3ccncc3)CC2)cc1)N1CCCC1. The van der Waals surface area contributed by atoms with Crippen LogP contribution in [0.3, 0.4) is 0 Å². The Balaban J connectivity index is 1.19. The first-order valence-electron chi connectivity index (χ1n) is 11.0. The highest BCUT2D eigenvalue weighted by Gasteiger charge is 2.20. The van der Waals surface area contributed by atoms with Gasteiger partial charge in [-0.2, -0.15) is 0 Å². The van der Waals surface area contributed by atoms with Crippen molar-refractivity contribution in [2.24, 2.45) is 0 Å². The molecule has 5 heteroatoms. The van der Waals surface area contributed by atoms with Crippen molar-refractivity contribution >= 4 is 11.6 Å². The number of hydrogen-bond acceptors (Lipinski definition) is 4. The van der Waals surface area contributed by atoms with Gasteiger partial charge in [0.15, 0.2) is 0 Å². The number of piperidine rings is 1. The Kier molecular flexibility index (Phi) is 6.78. The summed E-state index contributed by atoms with van der Waals surface area (Å²) in [7, 11) is 0. The Morgan fingerprint density at radius 3 is 2.31 bits per heavy atom. The molecule has 5 nitrogen and oxygen atoms in total. The Morgan fingerprint density at radius 1 is 0.931 bits per heavy atom. The predicted molar refractivity (Wildman–Crippen MR) is 117 cm³/mol. The van der Waals surface area contributed by atoms with Gasteiger partial charge in [0, 0.05) is 50.3 Å². The van der Waals surface area contributed by atoms with E-state index in [1.165, 1.54) is 24.1 Å². The molecule has 1 aromatic carbocycles. The Bertz CT molecular complexity index is 763. The summed E-state index contributed by atoms with van der Waals surface area (Å²) >= 11 is 0. The Morgan fingerprint density at radius 2 is 1.62 bits per heavy atom. The number of carbonyl (C=O) groups excluding carboxylic acids is 1. The smallest absolute Gasteiger partial charge is 0.226 e. The molecule has 2 aromatic rings. The molecule has 0 bridgehead atoms. The van der Waals surface area contributed by atoms with Crippen molar-refractivity contribution < 1.29 is 4.79 Å². The number of rotatable bonds is 7. The third-order valence-corrected chi connectivity index (χ3v) is 6.21. The van der Waals surface area contributed by atoms with Crippen molar-refractivity contribution in [3.8, 4) is 0 Å². The fraction of sp³-hybridized carbons (Fsp3) is 0.500. The van der Waals surface area contributed by atoms with E-state index in [1.807, 2.05) is 17.3 Å². The maximum Gasteiger partial charge on any atom is 0.226 e. The maximum atomic E-state index is 12.3. The molecule has 0 saturated carbocycles. The minimum atomic E-state index is 0.272. The van der Waals surface area contributed by atoms with Crippen molar-refractivity contribution in [3.05, 3.63) is 59.9 Å². The highest BCUT2D eigenvalue weighted by molar-refractivity contribution is 5.79. The number of likely N-dealkylation sites (tertiary alicyclic amines) is 1. The first kappa shape index (κ1) is 19.9. The van der Waals surface area contributed by atoms with Gasteiger partial charge in [0.1, 0.15) is 0 Å². The van der Waals surface area contributed by atoms with Crippen LogP contribution in [0.1, 0.15) is 36.8 Å². The van der Waals surface area contributed by atoms with Crippen molar-refractivity contribution in [2.75, 3.05) is 37.6 Å². The van der Waals surface area contributed by atoms with Gasteiger partial charge in [0.2, 0.25) is 5.91 Å². The van der Waals surface area contributed by atoms with Gasteiger partial charge in [0.05, 0.1) is 6.42 Å². The molecular weight excluding hydrogens is 360 g/mol. The summed E-state index contributed by atoms with van der Waals surface area (Å²) in [6, 6.07) is 13.4. The van der Waals surface area contributed by atoms with E-state index < -0.39 is 0 Å². The standard InChI is InChI=1S/C24H32N4O/c29-24(28-15-1-2-16-28)19-21-3-5-23(6-4-21)27-17-10-22(11-18-27)26-14-9-20-7-12-25-13-8-20/h3-8,12-13,22,26H,1-2,9-11,14-19H2. The van der Waals surface area contributed by atoms with Gasteiger partial charge < -0.3 is 15.1 Å². The molecule has 1 N–H and O–H groups in total. The highest BCUT2D eigenvalue weighted by Crippen LogP contribution is 2.21. The molecule has 1 amide bonds. The van der Waals surface area contributed by atoms with E-state index in [0.717, 1.165) is 57.5 Å². The molecule has 29 heavy (non-hydrogen) atoms. The van der Waals surface area contributed by atoms with Crippen LogP contribution in [-0.4, -0.2) is 54.6 Å².